The second-order valence-electron chi connectivity index (χ2n) is 9.52. The Hall–Kier alpha value is -4.34. The van der Waals surface area contributed by atoms with Crippen LogP contribution in [0.15, 0.2) is 116 Å². The number of amides is 1. The lowest BCUT2D eigenvalue weighted by atomic mass is 9.84. The Bertz CT molecular complexity index is 1290. The minimum absolute atomic E-state index is 0.0541. The molecule has 42 heavy (non-hydrogen) atoms. The van der Waals surface area contributed by atoms with E-state index in [1.165, 1.54) is 23.9 Å². The number of likely N-dealkylation sites (tertiary alicyclic amines) is 1. The number of carbonyl (C=O) groups is 3. The summed E-state index contributed by atoms with van der Waals surface area (Å²) in [6.07, 6.45) is -1.01. The molecule has 4 rings (SSSR count). The molecule has 1 unspecified atom stereocenters. The SMILES string of the molecule is C=CCOC(=O)O[C@H](C)[C@H]1C(=O)N(C(O)C(=O)OCC=C)[C@@H]1SC(c1ccccc1)(c1ccccc1)c1ccccc1. The van der Waals surface area contributed by atoms with Gasteiger partial charge in [-0.1, -0.05) is 116 Å². The van der Waals surface area contributed by atoms with Gasteiger partial charge in [0, 0.05) is 0 Å². The Labute approximate surface area is 249 Å². The lowest BCUT2D eigenvalue weighted by Gasteiger charge is -2.52. The molecule has 218 valence electrons. The van der Waals surface area contributed by atoms with E-state index < -0.39 is 46.4 Å². The highest BCUT2D eigenvalue weighted by molar-refractivity contribution is 8.01. The van der Waals surface area contributed by atoms with Gasteiger partial charge in [0.15, 0.2) is 0 Å². The maximum Gasteiger partial charge on any atom is 0.508 e. The van der Waals surface area contributed by atoms with E-state index in [1.54, 1.807) is 6.92 Å². The van der Waals surface area contributed by atoms with Gasteiger partial charge in [-0.15, -0.1) is 11.8 Å². The molecule has 1 saturated heterocycles. The summed E-state index contributed by atoms with van der Waals surface area (Å²) in [5.74, 6) is -2.47. The fourth-order valence-corrected chi connectivity index (χ4v) is 6.95. The molecular weight excluding hydrogens is 554 g/mol. The third-order valence-electron chi connectivity index (χ3n) is 6.88. The zero-order valence-electron chi connectivity index (χ0n) is 23.2. The summed E-state index contributed by atoms with van der Waals surface area (Å²) in [5, 5.41) is 10.2. The van der Waals surface area contributed by atoms with Gasteiger partial charge in [0.05, 0.1) is 10.1 Å². The van der Waals surface area contributed by atoms with Crippen molar-refractivity contribution >= 4 is 29.8 Å². The van der Waals surface area contributed by atoms with E-state index in [2.05, 4.69) is 13.2 Å². The molecule has 0 saturated carbocycles. The van der Waals surface area contributed by atoms with Crippen molar-refractivity contribution in [1.29, 1.82) is 0 Å². The Morgan fingerprint density at radius 1 is 0.881 bits per heavy atom. The van der Waals surface area contributed by atoms with Gasteiger partial charge in [-0.05, 0) is 23.6 Å². The first kappa shape index (κ1) is 30.6. The van der Waals surface area contributed by atoms with Crippen molar-refractivity contribution < 1.29 is 33.7 Å². The van der Waals surface area contributed by atoms with Crippen molar-refractivity contribution in [2.24, 2.45) is 5.92 Å². The third kappa shape index (κ3) is 6.27. The summed E-state index contributed by atoms with van der Waals surface area (Å²) in [4.78, 5) is 39.7. The van der Waals surface area contributed by atoms with Crippen LogP contribution in [-0.4, -0.2) is 59.0 Å². The zero-order valence-corrected chi connectivity index (χ0v) is 24.0. The number of aliphatic hydroxyl groups excluding tert-OH is 1. The minimum Gasteiger partial charge on any atom is -0.458 e. The highest BCUT2D eigenvalue weighted by Crippen LogP contribution is 2.55. The topological polar surface area (TPSA) is 102 Å². The second kappa shape index (κ2) is 14.0. The van der Waals surface area contributed by atoms with Crippen LogP contribution in [-0.2, 0) is 28.5 Å². The first-order valence-corrected chi connectivity index (χ1v) is 14.3. The van der Waals surface area contributed by atoms with Gasteiger partial charge >= 0.3 is 12.1 Å². The molecule has 4 atom stereocenters. The molecule has 1 heterocycles. The number of hydrogen-bond acceptors (Lipinski definition) is 8. The number of nitrogens with zero attached hydrogens (tertiary/aromatic N) is 1. The molecule has 0 aliphatic carbocycles. The number of ether oxygens (including phenoxy) is 3. The van der Waals surface area contributed by atoms with Gasteiger partial charge in [0.2, 0.25) is 12.1 Å². The first-order valence-electron chi connectivity index (χ1n) is 13.4. The number of carbonyl (C=O) groups excluding carboxylic acids is 3. The van der Waals surface area contributed by atoms with Crippen molar-refractivity contribution in [2.45, 2.75) is 29.4 Å². The normalized spacial score (nSPS) is 17.8. The van der Waals surface area contributed by atoms with Gasteiger partial charge in [-0.25, -0.2) is 9.59 Å². The average molecular weight is 588 g/mol. The van der Waals surface area contributed by atoms with Crippen molar-refractivity contribution in [3.63, 3.8) is 0 Å². The maximum absolute atomic E-state index is 13.6. The number of rotatable bonds is 13. The van der Waals surface area contributed by atoms with E-state index in [9.17, 15) is 19.5 Å². The lowest BCUT2D eigenvalue weighted by molar-refractivity contribution is -0.189. The summed E-state index contributed by atoms with van der Waals surface area (Å²) in [6.45, 7) is 8.44. The molecule has 9 heteroatoms. The average Bonchev–Trinajstić information content (AvgIpc) is 3.02. The summed E-state index contributed by atoms with van der Waals surface area (Å²) >= 11 is 1.37. The molecule has 0 bridgehead atoms. The molecule has 0 radical (unpaired) electrons. The molecule has 0 spiro atoms. The van der Waals surface area contributed by atoms with Crippen LogP contribution in [0, 0.1) is 5.92 Å². The molecule has 8 nitrogen and oxygen atoms in total. The standard InChI is InChI=1S/C33H33NO7S/c1-4-21-39-31(37)29(36)34-28(35)27(23(3)41-32(38)40-22-5-2)30(34)42-33(24-15-9-6-10-16-24,25-17-11-7-12-18-25)26-19-13-8-14-20-26/h4-20,23,27,29-30,36H,1-2,21-22H2,3H3/t23-,27+,29?,30-/m1/s1. The molecule has 0 aromatic heterocycles. The smallest absolute Gasteiger partial charge is 0.458 e. The summed E-state index contributed by atoms with van der Waals surface area (Å²) in [7, 11) is 0. The number of esters is 1. The quantitative estimate of drug-likeness (QED) is 0.125. The first-order chi connectivity index (χ1) is 20.3. The van der Waals surface area contributed by atoms with E-state index in [0.29, 0.717) is 0 Å². The molecule has 1 aliphatic heterocycles. The number of benzene rings is 3. The molecule has 1 N–H and O–H groups in total. The van der Waals surface area contributed by atoms with Crippen molar-refractivity contribution in [3.05, 3.63) is 133 Å². The van der Waals surface area contributed by atoms with Crippen LogP contribution in [0.4, 0.5) is 4.79 Å². The maximum atomic E-state index is 13.6. The van der Waals surface area contributed by atoms with Crippen LogP contribution >= 0.6 is 11.8 Å². The molecule has 1 amide bonds. The van der Waals surface area contributed by atoms with E-state index in [1.807, 2.05) is 91.0 Å². The Morgan fingerprint density at radius 3 is 1.79 bits per heavy atom. The van der Waals surface area contributed by atoms with Crippen molar-refractivity contribution in [3.8, 4) is 0 Å². The van der Waals surface area contributed by atoms with Crippen LogP contribution in [0.5, 0.6) is 0 Å². The van der Waals surface area contributed by atoms with Crippen LogP contribution < -0.4 is 0 Å². The van der Waals surface area contributed by atoms with Crippen molar-refractivity contribution in [2.75, 3.05) is 13.2 Å². The van der Waals surface area contributed by atoms with Gasteiger partial charge in [-0.3, -0.25) is 9.69 Å². The Kier molecular flexibility index (Phi) is 10.2. The Balaban J connectivity index is 1.84. The van der Waals surface area contributed by atoms with E-state index in [-0.39, 0.29) is 13.2 Å². The molecule has 1 fully saturated rings. The molecular formula is C33H33NO7S. The fourth-order valence-electron chi connectivity index (χ4n) is 4.95. The Morgan fingerprint density at radius 2 is 1.33 bits per heavy atom. The van der Waals surface area contributed by atoms with Crippen LogP contribution in [0.3, 0.4) is 0 Å². The summed E-state index contributed by atoms with van der Waals surface area (Å²) < 4.78 is 14.6. The number of thioether (sulfide) groups is 1. The highest BCUT2D eigenvalue weighted by Gasteiger charge is 2.59. The monoisotopic (exact) mass is 587 g/mol. The highest BCUT2D eigenvalue weighted by atomic mass is 32.2. The fraction of sp³-hybridized carbons (Fsp3) is 0.242. The van der Waals surface area contributed by atoms with E-state index in [0.717, 1.165) is 21.6 Å². The minimum atomic E-state index is -1.88. The zero-order chi connectivity index (χ0) is 30.1. The van der Waals surface area contributed by atoms with Crippen molar-refractivity contribution in [1.82, 2.24) is 4.90 Å². The molecule has 3 aromatic rings. The van der Waals surface area contributed by atoms with Crippen LogP contribution in [0.25, 0.3) is 0 Å². The largest absolute Gasteiger partial charge is 0.508 e. The number of aliphatic hydroxyl groups is 1. The van der Waals surface area contributed by atoms with Crippen LogP contribution in [0.2, 0.25) is 0 Å². The predicted octanol–water partition coefficient (Wildman–Crippen LogP) is 5.27. The van der Waals surface area contributed by atoms with Crippen LogP contribution in [0.1, 0.15) is 23.6 Å². The summed E-state index contributed by atoms with van der Waals surface area (Å²) in [5.41, 5.74) is 2.73. The van der Waals surface area contributed by atoms with Gasteiger partial charge in [-0.2, -0.15) is 0 Å². The predicted molar refractivity (Wildman–Crippen MR) is 160 cm³/mol. The van der Waals surface area contributed by atoms with Gasteiger partial charge in [0.25, 0.3) is 0 Å². The number of hydrogen-bond donors (Lipinski definition) is 1. The third-order valence-corrected chi connectivity index (χ3v) is 8.71. The second-order valence-corrected chi connectivity index (χ2v) is 10.9. The van der Waals surface area contributed by atoms with Gasteiger partial charge < -0.3 is 19.3 Å². The van der Waals surface area contributed by atoms with E-state index in [4.69, 9.17) is 14.2 Å². The molecule has 1 aliphatic rings. The lowest BCUT2D eigenvalue weighted by Crippen LogP contribution is -2.68. The van der Waals surface area contributed by atoms with E-state index >= 15 is 0 Å². The summed E-state index contributed by atoms with van der Waals surface area (Å²) in [6, 6.07) is 29.3. The molecule has 3 aromatic carbocycles. The number of β-lactam (4-membered cyclic amide) rings is 1. The van der Waals surface area contributed by atoms with Gasteiger partial charge in [0.1, 0.15) is 25.2 Å².